The van der Waals surface area contributed by atoms with Crippen molar-refractivity contribution in [2.75, 3.05) is 19.6 Å². The molecule has 0 aliphatic carbocycles. The van der Waals surface area contributed by atoms with Crippen molar-refractivity contribution in [3.8, 4) is 0 Å². The highest BCUT2D eigenvalue weighted by Crippen LogP contribution is 2.33. The Morgan fingerprint density at radius 1 is 1.04 bits per heavy atom. The third-order valence-electron chi connectivity index (χ3n) is 4.96. The van der Waals surface area contributed by atoms with Crippen molar-refractivity contribution in [2.45, 2.75) is 32.3 Å². The van der Waals surface area contributed by atoms with Crippen molar-refractivity contribution >= 4 is 6.08 Å². The molecule has 0 aromatic heterocycles. The van der Waals surface area contributed by atoms with Gasteiger partial charge in [0.1, 0.15) is 0 Å². The number of rotatable bonds is 4. The van der Waals surface area contributed by atoms with Crippen LogP contribution in [0.15, 0.2) is 60.2 Å². The zero-order valence-corrected chi connectivity index (χ0v) is 14.7. The van der Waals surface area contributed by atoms with Crippen molar-refractivity contribution in [1.29, 1.82) is 0 Å². The first kappa shape index (κ1) is 16.9. The van der Waals surface area contributed by atoms with Crippen LogP contribution in [0, 0.1) is 6.92 Å². The molecule has 1 aliphatic rings. The summed E-state index contributed by atoms with van der Waals surface area (Å²) in [5, 5.41) is 11.0. The van der Waals surface area contributed by atoms with Gasteiger partial charge in [-0.25, -0.2) is 0 Å². The van der Waals surface area contributed by atoms with E-state index in [1.165, 1.54) is 16.7 Å². The average Bonchev–Trinajstić information content (AvgIpc) is 2.58. The number of aryl methyl sites for hydroxylation is 1. The maximum absolute atomic E-state index is 11.0. The molecule has 0 amide bonds. The predicted molar refractivity (Wildman–Crippen MR) is 101 cm³/mol. The fraction of sp³-hybridized carbons (Fsp3) is 0.364. The quantitative estimate of drug-likeness (QED) is 0.903. The van der Waals surface area contributed by atoms with Crippen LogP contribution in [0.1, 0.15) is 36.5 Å². The summed E-state index contributed by atoms with van der Waals surface area (Å²) in [5.74, 6) is 0. The van der Waals surface area contributed by atoms with E-state index < -0.39 is 5.60 Å². The van der Waals surface area contributed by atoms with Gasteiger partial charge in [0.15, 0.2) is 0 Å². The van der Waals surface area contributed by atoms with Crippen LogP contribution in [0.5, 0.6) is 0 Å². The molecule has 1 saturated heterocycles. The Morgan fingerprint density at radius 2 is 1.67 bits per heavy atom. The highest BCUT2D eigenvalue weighted by molar-refractivity contribution is 5.52. The highest BCUT2D eigenvalue weighted by Gasteiger charge is 2.33. The molecule has 1 fully saturated rings. The fourth-order valence-electron chi connectivity index (χ4n) is 3.47. The standard InChI is InChI=1S/C22H27NO/c1-18-8-10-21(11-9-18)22(24)12-14-23(15-13-22)17-19(2)16-20-6-4-3-5-7-20/h3-11,16,24H,12-15,17H2,1-2H3/b19-16+. The van der Waals surface area contributed by atoms with Crippen molar-refractivity contribution in [3.63, 3.8) is 0 Å². The van der Waals surface area contributed by atoms with Gasteiger partial charge in [0, 0.05) is 19.6 Å². The molecule has 1 N–H and O–H groups in total. The number of aliphatic hydroxyl groups is 1. The van der Waals surface area contributed by atoms with Crippen LogP contribution < -0.4 is 0 Å². The summed E-state index contributed by atoms with van der Waals surface area (Å²) in [6.07, 6.45) is 3.85. The normalized spacial score (nSPS) is 18.5. The van der Waals surface area contributed by atoms with Gasteiger partial charge in [-0.1, -0.05) is 71.8 Å². The van der Waals surface area contributed by atoms with Gasteiger partial charge in [-0.3, -0.25) is 4.90 Å². The largest absolute Gasteiger partial charge is 0.385 e. The van der Waals surface area contributed by atoms with E-state index in [2.05, 4.69) is 73.4 Å². The van der Waals surface area contributed by atoms with Gasteiger partial charge in [-0.05, 0) is 37.8 Å². The van der Waals surface area contributed by atoms with Gasteiger partial charge in [0.05, 0.1) is 5.60 Å². The number of hydrogen-bond donors (Lipinski definition) is 1. The molecule has 126 valence electrons. The summed E-state index contributed by atoms with van der Waals surface area (Å²) < 4.78 is 0. The smallest absolute Gasteiger partial charge is 0.0920 e. The third kappa shape index (κ3) is 4.14. The molecule has 2 aromatic rings. The first-order chi connectivity index (χ1) is 11.5. The molecule has 2 aromatic carbocycles. The van der Waals surface area contributed by atoms with Crippen LogP contribution in [-0.4, -0.2) is 29.6 Å². The maximum atomic E-state index is 11.0. The number of piperidine rings is 1. The first-order valence-electron chi connectivity index (χ1n) is 8.79. The predicted octanol–water partition coefficient (Wildman–Crippen LogP) is 4.38. The van der Waals surface area contributed by atoms with E-state index >= 15 is 0 Å². The van der Waals surface area contributed by atoms with Crippen LogP contribution in [-0.2, 0) is 5.60 Å². The van der Waals surface area contributed by atoms with Gasteiger partial charge in [-0.15, -0.1) is 0 Å². The Balaban J connectivity index is 1.59. The minimum atomic E-state index is -0.665. The molecule has 0 radical (unpaired) electrons. The molecule has 3 rings (SSSR count). The molecule has 24 heavy (non-hydrogen) atoms. The number of likely N-dealkylation sites (tertiary alicyclic amines) is 1. The maximum Gasteiger partial charge on any atom is 0.0920 e. The van der Waals surface area contributed by atoms with Crippen LogP contribution in [0.25, 0.3) is 6.08 Å². The summed E-state index contributed by atoms with van der Waals surface area (Å²) in [6.45, 7) is 7.11. The zero-order valence-electron chi connectivity index (χ0n) is 14.7. The SMILES string of the molecule is C/C(=C\c1ccccc1)CN1CCC(O)(c2ccc(C)cc2)CC1. The van der Waals surface area contributed by atoms with E-state index in [9.17, 15) is 5.11 Å². The molecule has 2 nitrogen and oxygen atoms in total. The van der Waals surface area contributed by atoms with E-state index in [-0.39, 0.29) is 0 Å². The molecule has 2 heteroatoms. The van der Waals surface area contributed by atoms with E-state index in [0.29, 0.717) is 0 Å². The van der Waals surface area contributed by atoms with Crippen LogP contribution in [0.3, 0.4) is 0 Å². The molecule has 0 spiro atoms. The second-order valence-electron chi connectivity index (χ2n) is 7.08. The molecular formula is C22H27NO. The Labute approximate surface area is 145 Å². The van der Waals surface area contributed by atoms with Gasteiger partial charge >= 0.3 is 0 Å². The topological polar surface area (TPSA) is 23.5 Å². The van der Waals surface area contributed by atoms with Crippen molar-refractivity contribution in [2.24, 2.45) is 0 Å². The summed E-state index contributed by atoms with van der Waals surface area (Å²) in [4.78, 5) is 2.44. The minimum Gasteiger partial charge on any atom is -0.385 e. The van der Waals surface area contributed by atoms with E-state index in [0.717, 1.165) is 38.0 Å². The number of hydrogen-bond acceptors (Lipinski definition) is 2. The lowest BCUT2D eigenvalue weighted by atomic mass is 9.84. The lowest BCUT2D eigenvalue weighted by Crippen LogP contribution is -2.43. The summed E-state index contributed by atoms with van der Waals surface area (Å²) >= 11 is 0. The monoisotopic (exact) mass is 321 g/mol. The Kier molecular flexibility index (Phi) is 5.17. The van der Waals surface area contributed by atoms with Crippen molar-refractivity contribution in [3.05, 3.63) is 76.9 Å². The van der Waals surface area contributed by atoms with Crippen molar-refractivity contribution < 1.29 is 5.11 Å². The fourth-order valence-corrected chi connectivity index (χ4v) is 3.47. The summed E-state index contributed by atoms with van der Waals surface area (Å²) in [6, 6.07) is 18.8. The van der Waals surface area contributed by atoms with E-state index in [1.807, 2.05) is 6.07 Å². The van der Waals surface area contributed by atoms with Gasteiger partial charge in [0.25, 0.3) is 0 Å². The van der Waals surface area contributed by atoms with Crippen molar-refractivity contribution in [1.82, 2.24) is 4.90 Å². The second kappa shape index (κ2) is 7.33. The Morgan fingerprint density at radius 3 is 2.29 bits per heavy atom. The van der Waals surface area contributed by atoms with Crippen LogP contribution in [0.2, 0.25) is 0 Å². The summed E-state index contributed by atoms with van der Waals surface area (Å²) in [5.41, 5.74) is 4.25. The molecule has 1 heterocycles. The van der Waals surface area contributed by atoms with Crippen LogP contribution >= 0.6 is 0 Å². The van der Waals surface area contributed by atoms with E-state index in [4.69, 9.17) is 0 Å². The second-order valence-corrected chi connectivity index (χ2v) is 7.08. The highest BCUT2D eigenvalue weighted by atomic mass is 16.3. The minimum absolute atomic E-state index is 0.665. The lowest BCUT2D eigenvalue weighted by molar-refractivity contribution is -0.0238. The van der Waals surface area contributed by atoms with Gasteiger partial charge in [-0.2, -0.15) is 0 Å². The molecule has 0 unspecified atom stereocenters. The number of nitrogens with zero attached hydrogens (tertiary/aromatic N) is 1. The molecular weight excluding hydrogens is 294 g/mol. The van der Waals surface area contributed by atoms with Gasteiger partial charge < -0.3 is 5.11 Å². The van der Waals surface area contributed by atoms with E-state index in [1.54, 1.807) is 0 Å². The Hall–Kier alpha value is -1.90. The molecule has 0 atom stereocenters. The first-order valence-corrected chi connectivity index (χ1v) is 8.79. The third-order valence-corrected chi connectivity index (χ3v) is 4.96. The summed E-state index contributed by atoms with van der Waals surface area (Å²) in [7, 11) is 0. The molecule has 0 saturated carbocycles. The average molecular weight is 321 g/mol. The molecule has 0 bridgehead atoms. The van der Waals surface area contributed by atoms with Crippen LogP contribution in [0.4, 0.5) is 0 Å². The lowest BCUT2D eigenvalue weighted by Gasteiger charge is -2.38. The van der Waals surface area contributed by atoms with Gasteiger partial charge in [0.2, 0.25) is 0 Å². The number of benzene rings is 2. The Bertz CT molecular complexity index is 680. The molecule has 1 aliphatic heterocycles. The zero-order chi connectivity index (χ0) is 17.0.